The van der Waals surface area contributed by atoms with Gasteiger partial charge in [-0.25, -0.2) is 8.42 Å². The van der Waals surface area contributed by atoms with Crippen LogP contribution >= 0.6 is 12.4 Å². The first-order valence-electron chi connectivity index (χ1n) is 6.79. The molecular formula is C14H24ClN3O5S. The Kier molecular flexibility index (Phi) is 7.81. The van der Waals surface area contributed by atoms with Crippen molar-refractivity contribution in [1.82, 2.24) is 5.32 Å². The highest BCUT2D eigenvalue weighted by Gasteiger charge is 2.22. The number of nitrogens with two attached hydrogens (primary N) is 1. The molecule has 24 heavy (non-hydrogen) atoms. The number of carbonyl (C=O) groups excluding carboxylic acids is 1. The van der Waals surface area contributed by atoms with Gasteiger partial charge in [0.15, 0.2) is 11.5 Å². The van der Waals surface area contributed by atoms with E-state index in [1.54, 1.807) is 13.8 Å². The second-order valence-corrected chi connectivity index (χ2v) is 7.42. The predicted molar refractivity (Wildman–Crippen MR) is 95.9 cm³/mol. The summed E-state index contributed by atoms with van der Waals surface area (Å²) in [5.74, 6) is 0.0161. The molecule has 0 bridgehead atoms. The summed E-state index contributed by atoms with van der Waals surface area (Å²) in [5.41, 5.74) is 5.33. The Labute approximate surface area is 148 Å². The molecule has 0 radical (unpaired) electrons. The summed E-state index contributed by atoms with van der Waals surface area (Å²) >= 11 is 0. The van der Waals surface area contributed by atoms with E-state index in [1.807, 2.05) is 0 Å². The fraction of sp³-hybridized carbons (Fsp3) is 0.500. The van der Waals surface area contributed by atoms with Crippen LogP contribution in [0.3, 0.4) is 0 Å². The molecule has 0 saturated heterocycles. The molecule has 1 amide bonds. The molecule has 0 heterocycles. The van der Waals surface area contributed by atoms with Crippen molar-refractivity contribution < 1.29 is 22.7 Å². The Morgan fingerprint density at radius 1 is 1.25 bits per heavy atom. The number of sulfonamides is 1. The van der Waals surface area contributed by atoms with Gasteiger partial charge < -0.3 is 20.5 Å². The SMILES string of the molecule is COc1cc(C(=O)NC(C)(C)CN)cc(NS(C)(=O)=O)c1OC.Cl. The zero-order chi connectivity index (χ0) is 17.8. The summed E-state index contributed by atoms with van der Waals surface area (Å²) in [5, 5.41) is 2.76. The van der Waals surface area contributed by atoms with E-state index in [-0.39, 0.29) is 41.7 Å². The van der Waals surface area contributed by atoms with Gasteiger partial charge in [0.2, 0.25) is 10.0 Å². The van der Waals surface area contributed by atoms with Crippen molar-refractivity contribution in [2.75, 3.05) is 31.7 Å². The third-order valence-electron chi connectivity index (χ3n) is 3.00. The molecule has 0 atom stereocenters. The van der Waals surface area contributed by atoms with Gasteiger partial charge in [0.1, 0.15) is 0 Å². The number of rotatable bonds is 7. The fourth-order valence-corrected chi connectivity index (χ4v) is 2.35. The minimum atomic E-state index is -3.55. The molecule has 1 aromatic carbocycles. The summed E-state index contributed by atoms with van der Waals surface area (Å²) in [7, 11) is -0.780. The first-order chi connectivity index (χ1) is 10.5. The standard InChI is InChI=1S/C14H23N3O5S.ClH/c1-14(2,8-15)16-13(18)9-6-10(17-23(5,19)20)12(22-4)11(7-9)21-3;/h6-7,17H,8,15H2,1-5H3,(H,16,18);1H. The number of ether oxygens (including phenoxy) is 2. The molecular weight excluding hydrogens is 358 g/mol. The van der Waals surface area contributed by atoms with Crippen molar-refractivity contribution in [3.63, 3.8) is 0 Å². The van der Waals surface area contributed by atoms with Crippen molar-refractivity contribution >= 4 is 34.0 Å². The van der Waals surface area contributed by atoms with Crippen LogP contribution in [-0.2, 0) is 10.0 Å². The molecule has 0 aliphatic rings. The lowest BCUT2D eigenvalue weighted by Crippen LogP contribution is -2.48. The Balaban J connectivity index is 0.00000529. The van der Waals surface area contributed by atoms with Gasteiger partial charge in [-0.2, -0.15) is 0 Å². The third-order valence-corrected chi connectivity index (χ3v) is 3.59. The second kappa shape index (κ2) is 8.41. The zero-order valence-corrected chi connectivity index (χ0v) is 15.9. The largest absolute Gasteiger partial charge is 0.493 e. The van der Waals surface area contributed by atoms with Crippen LogP contribution in [0.2, 0.25) is 0 Å². The Morgan fingerprint density at radius 2 is 1.83 bits per heavy atom. The van der Waals surface area contributed by atoms with Gasteiger partial charge in [0.25, 0.3) is 5.91 Å². The Morgan fingerprint density at radius 3 is 2.25 bits per heavy atom. The molecule has 0 saturated carbocycles. The normalized spacial score (nSPS) is 11.2. The second-order valence-electron chi connectivity index (χ2n) is 5.68. The average molecular weight is 382 g/mol. The van der Waals surface area contributed by atoms with Gasteiger partial charge in [0, 0.05) is 17.6 Å². The smallest absolute Gasteiger partial charge is 0.251 e. The van der Waals surface area contributed by atoms with Crippen LogP contribution in [0.1, 0.15) is 24.2 Å². The van der Waals surface area contributed by atoms with Crippen LogP contribution < -0.4 is 25.2 Å². The summed E-state index contributed by atoms with van der Waals surface area (Å²) < 4.78 is 35.7. The molecule has 138 valence electrons. The number of halogens is 1. The summed E-state index contributed by atoms with van der Waals surface area (Å²) in [6.07, 6.45) is 1.00. The number of anilines is 1. The molecule has 0 fully saturated rings. The van der Waals surface area contributed by atoms with Gasteiger partial charge in [0.05, 0.1) is 26.2 Å². The molecule has 0 aliphatic heterocycles. The van der Waals surface area contributed by atoms with Crippen LogP contribution in [0.5, 0.6) is 11.5 Å². The first-order valence-corrected chi connectivity index (χ1v) is 8.68. The highest BCUT2D eigenvalue weighted by atomic mass is 35.5. The maximum atomic E-state index is 12.4. The molecule has 1 rings (SSSR count). The van der Waals surface area contributed by atoms with E-state index >= 15 is 0 Å². The van der Waals surface area contributed by atoms with Gasteiger partial charge in [-0.15, -0.1) is 12.4 Å². The van der Waals surface area contributed by atoms with Crippen LogP contribution in [0, 0.1) is 0 Å². The summed E-state index contributed by atoms with van der Waals surface area (Å²) in [6.45, 7) is 3.81. The van der Waals surface area contributed by atoms with Gasteiger partial charge in [-0.3, -0.25) is 9.52 Å². The number of hydrogen-bond donors (Lipinski definition) is 3. The van der Waals surface area contributed by atoms with E-state index in [9.17, 15) is 13.2 Å². The monoisotopic (exact) mass is 381 g/mol. The highest BCUT2D eigenvalue weighted by molar-refractivity contribution is 7.92. The molecule has 0 spiro atoms. The predicted octanol–water partition coefficient (Wildman–Crippen LogP) is 0.964. The number of nitrogens with one attached hydrogen (secondary N) is 2. The van der Waals surface area contributed by atoms with Crippen LogP contribution in [0.4, 0.5) is 5.69 Å². The minimum Gasteiger partial charge on any atom is -0.493 e. The quantitative estimate of drug-likeness (QED) is 0.647. The Hall–Kier alpha value is -1.71. The maximum absolute atomic E-state index is 12.4. The Bertz CT molecular complexity index is 692. The van der Waals surface area contributed by atoms with E-state index in [0.717, 1.165) is 6.26 Å². The molecule has 4 N–H and O–H groups in total. The van der Waals surface area contributed by atoms with Crippen molar-refractivity contribution in [3.05, 3.63) is 17.7 Å². The molecule has 8 nitrogen and oxygen atoms in total. The van der Waals surface area contributed by atoms with Crippen LogP contribution in [0.25, 0.3) is 0 Å². The van der Waals surface area contributed by atoms with E-state index in [4.69, 9.17) is 15.2 Å². The lowest BCUT2D eigenvalue weighted by molar-refractivity contribution is 0.0915. The molecule has 1 aromatic rings. The lowest BCUT2D eigenvalue weighted by atomic mass is 10.0. The number of benzene rings is 1. The molecule has 0 aliphatic carbocycles. The van der Waals surface area contributed by atoms with Crippen molar-refractivity contribution in [1.29, 1.82) is 0 Å². The van der Waals surface area contributed by atoms with Crippen molar-refractivity contribution in [2.45, 2.75) is 19.4 Å². The number of carbonyl (C=O) groups is 1. The van der Waals surface area contributed by atoms with E-state index < -0.39 is 21.5 Å². The van der Waals surface area contributed by atoms with E-state index in [2.05, 4.69) is 10.0 Å². The zero-order valence-electron chi connectivity index (χ0n) is 14.3. The van der Waals surface area contributed by atoms with Gasteiger partial charge >= 0.3 is 0 Å². The van der Waals surface area contributed by atoms with Crippen LogP contribution in [0.15, 0.2) is 12.1 Å². The fourth-order valence-electron chi connectivity index (χ4n) is 1.80. The summed E-state index contributed by atoms with van der Waals surface area (Å²) in [6, 6.07) is 2.85. The topological polar surface area (TPSA) is 120 Å². The lowest BCUT2D eigenvalue weighted by Gasteiger charge is -2.24. The van der Waals surface area contributed by atoms with Crippen molar-refractivity contribution in [3.8, 4) is 11.5 Å². The number of methoxy groups -OCH3 is 2. The highest BCUT2D eigenvalue weighted by Crippen LogP contribution is 2.37. The average Bonchev–Trinajstić information content (AvgIpc) is 2.44. The van der Waals surface area contributed by atoms with Gasteiger partial charge in [-0.05, 0) is 26.0 Å². The number of amides is 1. The molecule has 0 unspecified atom stereocenters. The first kappa shape index (κ1) is 22.3. The van der Waals surface area contributed by atoms with Crippen LogP contribution in [-0.4, -0.2) is 46.9 Å². The van der Waals surface area contributed by atoms with E-state index in [0.29, 0.717) is 0 Å². The number of hydrogen-bond acceptors (Lipinski definition) is 6. The van der Waals surface area contributed by atoms with Gasteiger partial charge in [-0.1, -0.05) is 0 Å². The molecule has 10 heteroatoms. The minimum absolute atomic E-state index is 0. The van der Waals surface area contributed by atoms with Crippen molar-refractivity contribution in [2.24, 2.45) is 5.73 Å². The molecule has 0 aromatic heterocycles. The maximum Gasteiger partial charge on any atom is 0.251 e. The van der Waals surface area contributed by atoms with E-state index in [1.165, 1.54) is 26.4 Å². The summed E-state index contributed by atoms with van der Waals surface area (Å²) in [4.78, 5) is 12.4. The third kappa shape index (κ3) is 6.06.